The largest absolute Gasteiger partial charge is 0.318 e. The Labute approximate surface area is 79.8 Å². The zero-order valence-corrected chi connectivity index (χ0v) is 7.36. The van der Waals surface area contributed by atoms with Gasteiger partial charge in [0, 0.05) is 0 Å². The molecule has 0 aliphatic carbocycles. The number of carbonyl (C=O) groups is 2. The number of nitrogens with two attached hydrogens (primary N) is 2. The van der Waals surface area contributed by atoms with Crippen LogP contribution in [-0.2, 0) is 19.3 Å². The molecule has 2 atom stereocenters. The van der Waals surface area contributed by atoms with Crippen molar-refractivity contribution in [3.8, 4) is 0 Å². The highest BCUT2D eigenvalue weighted by molar-refractivity contribution is 5.82. The zero-order valence-electron chi connectivity index (χ0n) is 7.36. The Morgan fingerprint density at radius 3 is 1.43 bits per heavy atom. The minimum absolute atomic E-state index is 0.236. The van der Waals surface area contributed by atoms with Crippen LogP contribution in [0.2, 0.25) is 0 Å². The van der Waals surface area contributed by atoms with Gasteiger partial charge in [0.15, 0.2) is 0 Å². The van der Waals surface area contributed by atoms with Crippen LogP contribution in [0.3, 0.4) is 0 Å². The Balaban J connectivity index is 0.000000140. The molecule has 1 unspecified atom stereocenters. The van der Waals surface area contributed by atoms with Gasteiger partial charge in [-0.1, -0.05) is 0 Å². The Bertz CT molecular complexity index is 210. The van der Waals surface area contributed by atoms with Crippen LogP contribution >= 0.6 is 0 Å². The van der Waals surface area contributed by atoms with Crippen molar-refractivity contribution in [2.45, 2.75) is 12.1 Å². The summed E-state index contributed by atoms with van der Waals surface area (Å²) < 4.78 is 0. The predicted molar refractivity (Wildman–Crippen MR) is 44.1 cm³/mol. The van der Waals surface area contributed by atoms with Gasteiger partial charge in [0.05, 0.1) is 13.2 Å². The Morgan fingerprint density at radius 1 is 1.00 bits per heavy atom. The maximum absolute atomic E-state index is 10.2. The Kier molecular flexibility index (Phi) is 3.77. The van der Waals surface area contributed by atoms with Crippen LogP contribution in [0.25, 0.3) is 0 Å². The molecular formula is C6H12N4O4. The third-order valence-corrected chi connectivity index (χ3v) is 1.54. The summed E-state index contributed by atoms with van der Waals surface area (Å²) in [6, 6.07) is -0.917. The van der Waals surface area contributed by atoms with E-state index in [1.165, 1.54) is 0 Å². The van der Waals surface area contributed by atoms with E-state index in [0.717, 1.165) is 0 Å². The van der Waals surface area contributed by atoms with Gasteiger partial charge in [-0.05, 0) is 0 Å². The number of hydrogen-bond acceptors (Lipinski definition) is 6. The monoisotopic (exact) mass is 204 g/mol. The molecule has 0 radical (unpaired) electrons. The summed E-state index contributed by atoms with van der Waals surface area (Å²) in [5.41, 5.74) is 14.5. The van der Waals surface area contributed by atoms with E-state index in [2.05, 4.69) is 20.6 Å². The van der Waals surface area contributed by atoms with Crippen molar-refractivity contribution < 1.29 is 19.3 Å². The zero-order chi connectivity index (χ0) is 10.6. The molecule has 2 saturated heterocycles. The van der Waals surface area contributed by atoms with E-state index >= 15 is 0 Å². The van der Waals surface area contributed by atoms with E-state index in [4.69, 9.17) is 11.5 Å². The molecule has 2 aliphatic rings. The Morgan fingerprint density at radius 2 is 1.36 bits per heavy atom. The molecule has 2 rings (SSSR count). The molecule has 0 spiro atoms. The van der Waals surface area contributed by atoms with Crippen LogP contribution in [0.1, 0.15) is 0 Å². The van der Waals surface area contributed by atoms with Gasteiger partial charge in [-0.15, -0.1) is 0 Å². The van der Waals surface area contributed by atoms with Gasteiger partial charge in [-0.25, -0.2) is 11.0 Å². The van der Waals surface area contributed by atoms with Crippen LogP contribution in [-0.4, -0.2) is 37.1 Å². The fourth-order valence-electron chi connectivity index (χ4n) is 0.708. The summed E-state index contributed by atoms with van der Waals surface area (Å²) in [5.74, 6) is -0.472. The molecule has 0 saturated carbocycles. The highest BCUT2D eigenvalue weighted by atomic mass is 16.7. The fraction of sp³-hybridized carbons (Fsp3) is 0.667. The van der Waals surface area contributed by atoms with Crippen LogP contribution in [0.5, 0.6) is 0 Å². The highest BCUT2D eigenvalue weighted by Crippen LogP contribution is 1.87. The molecule has 0 aromatic heterocycles. The number of amides is 2. The first-order valence-corrected chi connectivity index (χ1v) is 3.95. The van der Waals surface area contributed by atoms with Gasteiger partial charge in [0.1, 0.15) is 12.1 Å². The lowest BCUT2D eigenvalue weighted by atomic mass is 10.3. The lowest BCUT2D eigenvalue weighted by Gasteiger charge is -1.87. The third-order valence-electron chi connectivity index (χ3n) is 1.54. The summed E-state index contributed by atoms with van der Waals surface area (Å²) in [6.07, 6.45) is 0. The molecule has 0 aromatic carbocycles. The second-order valence-corrected chi connectivity index (χ2v) is 2.77. The van der Waals surface area contributed by atoms with E-state index in [9.17, 15) is 9.59 Å². The number of rotatable bonds is 0. The quantitative estimate of drug-likeness (QED) is 0.328. The van der Waals surface area contributed by atoms with Crippen molar-refractivity contribution in [2.24, 2.45) is 11.5 Å². The summed E-state index contributed by atoms with van der Waals surface area (Å²) in [5, 5.41) is 0. The molecule has 8 heteroatoms. The van der Waals surface area contributed by atoms with Crippen molar-refractivity contribution in [1.82, 2.24) is 11.0 Å². The molecule has 2 aliphatic heterocycles. The average molecular weight is 204 g/mol. The topological polar surface area (TPSA) is 129 Å². The first-order valence-electron chi connectivity index (χ1n) is 3.95. The molecule has 2 fully saturated rings. The molecule has 2 heterocycles. The Hall–Kier alpha value is -1.22. The maximum atomic E-state index is 10.2. The standard InChI is InChI=1S/2C3H6N2O2/c2*4-2-1-7-5-3(2)6/h2*2H,1,4H2,(H,5,6)/t2-;/m1./s1. The second kappa shape index (κ2) is 4.86. The van der Waals surface area contributed by atoms with E-state index < -0.39 is 12.1 Å². The summed E-state index contributed by atoms with van der Waals surface area (Å²) >= 11 is 0. The number of nitrogens with one attached hydrogen (secondary N) is 2. The van der Waals surface area contributed by atoms with Crippen molar-refractivity contribution in [3.05, 3.63) is 0 Å². The van der Waals surface area contributed by atoms with E-state index in [-0.39, 0.29) is 11.8 Å². The molecule has 14 heavy (non-hydrogen) atoms. The van der Waals surface area contributed by atoms with Gasteiger partial charge in [-0.3, -0.25) is 19.3 Å². The lowest BCUT2D eigenvalue weighted by molar-refractivity contribution is -0.125. The van der Waals surface area contributed by atoms with Gasteiger partial charge >= 0.3 is 0 Å². The van der Waals surface area contributed by atoms with E-state index in [0.29, 0.717) is 13.2 Å². The van der Waals surface area contributed by atoms with Crippen molar-refractivity contribution in [1.29, 1.82) is 0 Å². The summed E-state index contributed by atoms with van der Waals surface area (Å²) in [6.45, 7) is 0.581. The first-order chi connectivity index (χ1) is 6.61. The summed E-state index contributed by atoms with van der Waals surface area (Å²) in [4.78, 5) is 29.3. The highest BCUT2D eigenvalue weighted by Gasteiger charge is 2.20. The second-order valence-electron chi connectivity index (χ2n) is 2.77. The van der Waals surface area contributed by atoms with Crippen molar-refractivity contribution >= 4 is 11.8 Å². The molecular weight excluding hydrogens is 192 g/mol. The molecule has 80 valence electrons. The fourth-order valence-corrected chi connectivity index (χ4v) is 0.708. The van der Waals surface area contributed by atoms with Crippen LogP contribution in [0.4, 0.5) is 0 Å². The van der Waals surface area contributed by atoms with Crippen LogP contribution in [0, 0.1) is 0 Å². The van der Waals surface area contributed by atoms with E-state index in [1.54, 1.807) is 0 Å². The number of hydrogen-bond donors (Lipinski definition) is 4. The van der Waals surface area contributed by atoms with Gasteiger partial charge in [0.25, 0.3) is 11.8 Å². The molecule has 8 nitrogen and oxygen atoms in total. The SMILES string of the molecule is NC1CONC1=O.N[C@@H]1CONC1=O. The third kappa shape index (κ3) is 2.92. The average Bonchev–Trinajstić information content (AvgIpc) is 2.67. The minimum atomic E-state index is -0.458. The molecule has 0 bridgehead atoms. The van der Waals surface area contributed by atoms with Crippen LogP contribution < -0.4 is 22.4 Å². The first kappa shape index (κ1) is 10.9. The molecule has 0 aromatic rings. The smallest absolute Gasteiger partial charge is 0.262 e. The van der Waals surface area contributed by atoms with Gasteiger partial charge in [-0.2, -0.15) is 0 Å². The van der Waals surface area contributed by atoms with Gasteiger partial charge in [0.2, 0.25) is 0 Å². The predicted octanol–water partition coefficient (Wildman–Crippen LogP) is -3.25. The molecule has 2 amide bonds. The van der Waals surface area contributed by atoms with Gasteiger partial charge < -0.3 is 11.5 Å². The lowest BCUT2D eigenvalue weighted by Crippen LogP contribution is -2.31. The van der Waals surface area contributed by atoms with Crippen LogP contribution in [0.15, 0.2) is 0 Å². The summed E-state index contributed by atoms with van der Waals surface area (Å²) in [7, 11) is 0. The van der Waals surface area contributed by atoms with Crippen molar-refractivity contribution in [2.75, 3.05) is 13.2 Å². The van der Waals surface area contributed by atoms with E-state index in [1.807, 2.05) is 0 Å². The normalized spacial score (nSPS) is 30.4. The number of hydroxylamine groups is 2. The number of carbonyl (C=O) groups excluding carboxylic acids is 2. The maximum Gasteiger partial charge on any atom is 0.262 e. The minimum Gasteiger partial charge on any atom is -0.318 e. The van der Waals surface area contributed by atoms with Crippen molar-refractivity contribution in [3.63, 3.8) is 0 Å². The molecule has 6 N–H and O–H groups in total.